The molecule has 0 atom stereocenters. The van der Waals surface area contributed by atoms with Crippen molar-refractivity contribution < 1.29 is 9.59 Å². The molecule has 1 aromatic heterocycles. The summed E-state index contributed by atoms with van der Waals surface area (Å²) in [4.78, 5) is 24.0. The number of thioether (sulfide) groups is 1. The Morgan fingerprint density at radius 1 is 0.964 bits per heavy atom. The van der Waals surface area contributed by atoms with E-state index in [-0.39, 0.29) is 5.78 Å². The van der Waals surface area contributed by atoms with Crippen LogP contribution in [-0.4, -0.2) is 22.0 Å². The molecule has 144 valence electrons. The van der Waals surface area contributed by atoms with Crippen LogP contribution in [0.25, 0.3) is 0 Å². The maximum absolute atomic E-state index is 12.7. The van der Waals surface area contributed by atoms with Crippen molar-refractivity contribution in [2.45, 2.75) is 26.1 Å². The molecule has 3 aromatic rings. The summed E-state index contributed by atoms with van der Waals surface area (Å²) in [5, 5.41) is 0. The molecule has 1 amide bonds. The van der Waals surface area contributed by atoms with Crippen molar-refractivity contribution in [1.29, 1.82) is 0 Å². The summed E-state index contributed by atoms with van der Waals surface area (Å²) in [7, 11) is 0. The van der Waals surface area contributed by atoms with Crippen molar-refractivity contribution in [1.82, 2.24) is 4.57 Å². The van der Waals surface area contributed by atoms with Gasteiger partial charge in [-0.15, -0.1) is 11.8 Å². The third-order valence-corrected chi connectivity index (χ3v) is 5.77. The fraction of sp³-hybridized carbons (Fsp3) is 0.217. The first kappa shape index (κ1) is 20.0. The van der Waals surface area contributed by atoms with Gasteiger partial charge in [-0.3, -0.25) is 9.59 Å². The molecule has 2 aromatic carbocycles. The minimum absolute atomic E-state index is 0.128. The number of Topliss-reactive ketones (excluding diaryl/α,β-unsaturated/α-hetero) is 1. The highest BCUT2D eigenvalue weighted by Crippen LogP contribution is 2.21. The van der Waals surface area contributed by atoms with Gasteiger partial charge in [0.25, 0.3) is 0 Å². The van der Waals surface area contributed by atoms with Gasteiger partial charge in [-0.05, 0) is 43.2 Å². The number of nitrogens with two attached hydrogens (primary N) is 1. The van der Waals surface area contributed by atoms with Crippen LogP contribution in [0.1, 0.15) is 43.2 Å². The van der Waals surface area contributed by atoms with Gasteiger partial charge in [-0.2, -0.15) is 0 Å². The summed E-state index contributed by atoms with van der Waals surface area (Å²) in [5.74, 6) is 0.753. The number of carbonyl (C=O) groups is 2. The first-order chi connectivity index (χ1) is 13.5. The van der Waals surface area contributed by atoms with Gasteiger partial charge >= 0.3 is 0 Å². The Morgan fingerprint density at radius 2 is 1.68 bits per heavy atom. The predicted molar refractivity (Wildman–Crippen MR) is 115 cm³/mol. The van der Waals surface area contributed by atoms with E-state index in [1.165, 1.54) is 5.56 Å². The Bertz CT molecular complexity index is 993. The first-order valence-corrected chi connectivity index (χ1v) is 10.3. The van der Waals surface area contributed by atoms with Crippen LogP contribution in [0.5, 0.6) is 0 Å². The number of primary amides is 1. The minimum atomic E-state index is -0.436. The van der Waals surface area contributed by atoms with Gasteiger partial charge in [0.15, 0.2) is 5.78 Å². The number of carbonyl (C=O) groups excluding carboxylic acids is 2. The number of amides is 1. The third-order valence-electron chi connectivity index (χ3n) is 4.77. The van der Waals surface area contributed by atoms with Crippen LogP contribution in [0.3, 0.4) is 0 Å². The second-order valence-electron chi connectivity index (χ2n) is 6.84. The van der Waals surface area contributed by atoms with Gasteiger partial charge in [-0.1, -0.05) is 42.5 Å². The maximum Gasteiger partial charge on any atom is 0.248 e. The number of hydrogen-bond donors (Lipinski definition) is 1. The zero-order valence-electron chi connectivity index (χ0n) is 16.1. The molecule has 0 aliphatic rings. The lowest BCUT2D eigenvalue weighted by atomic mass is 10.1. The van der Waals surface area contributed by atoms with Crippen LogP contribution in [-0.2, 0) is 12.3 Å². The van der Waals surface area contributed by atoms with Gasteiger partial charge in [0, 0.05) is 34.8 Å². The monoisotopic (exact) mass is 392 g/mol. The first-order valence-electron chi connectivity index (χ1n) is 9.16. The van der Waals surface area contributed by atoms with E-state index in [1.54, 1.807) is 23.9 Å². The Hall–Kier alpha value is -2.79. The molecule has 2 N–H and O–H groups in total. The van der Waals surface area contributed by atoms with E-state index in [2.05, 4.69) is 16.7 Å². The van der Waals surface area contributed by atoms with Crippen molar-refractivity contribution in [2.24, 2.45) is 5.73 Å². The van der Waals surface area contributed by atoms with E-state index in [0.29, 0.717) is 17.1 Å². The number of ketones is 1. The summed E-state index contributed by atoms with van der Waals surface area (Å²) < 4.78 is 2.18. The number of aromatic nitrogens is 1. The lowest BCUT2D eigenvalue weighted by molar-refractivity contribution is 0.0996. The maximum atomic E-state index is 12.7. The molecular weight excluding hydrogens is 368 g/mol. The molecule has 0 radical (unpaired) electrons. The second-order valence-corrected chi connectivity index (χ2v) is 7.82. The summed E-state index contributed by atoms with van der Waals surface area (Å²) in [6.45, 7) is 4.80. The Labute approximate surface area is 169 Å². The van der Waals surface area contributed by atoms with Gasteiger partial charge < -0.3 is 10.3 Å². The zero-order valence-corrected chi connectivity index (χ0v) is 17.0. The van der Waals surface area contributed by atoms with E-state index in [9.17, 15) is 9.59 Å². The Morgan fingerprint density at radius 3 is 2.39 bits per heavy atom. The number of hydrogen-bond acceptors (Lipinski definition) is 3. The number of rotatable bonds is 8. The van der Waals surface area contributed by atoms with Gasteiger partial charge in [0.1, 0.15) is 0 Å². The number of aryl methyl sites for hydroxylation is 1. The summed E-state index contributed by atoms with van der Waals surface area (Å²) in [6.07, 6.45) is 0. The Kier molecular flexibility index (Phi) is 6.37. The molecule has 0 aliphatic carbocycles. The minimum Gasteiger partial charge on any atom is -0.366 e. The van der Waals surface area contributed by atoms with Crippen LogP contribution in [0.2, 0.25) is 0 Å². The van der Waals surface area contributed by atoms with Crippen LogP contribution in [0.4, 0.5) is 0 Å². The van der Waals surface area contributed by atoms with Crippen molar-refractivity contribution in [3.63, 3.8) is 0 Å². The molecule has 0 saturated heterocycles. The van der Waals surface area contributed by atoms with Gasteiger partial charge in [-0.25, -0.2) is 0 Å². The molecule has 3 rings (SSSR count). The molecule has 5 heteroatoms. The standard InChI is InChI=1S/C23H24N2O2S/c1-16-11-21(17(2)25(16)13-18-7-4-3-5-8-18)22(26)15-28-14-19-9-6-10-20(12-19)23(24)27/h3-12H,13-15H2,1-2H3,(H2,24,27). The SMILES string of the molecule is Cc1cc(C(=O)CSCc2cccc(C(N)=O)c2)c(C)n1Cc1ccccc1. The van der Waals surface area contributed by atoms with Crippen LogP contribution < -0.4 is 5.73 Å². The number of nitrogens with zero attached hydrogens (tertiary/aromatic N) is 1. The third kappa shape index (κ3) is 4.73. The topological polar surface area (TPSA) is 65.1 Å². The zero-order chi connectivity index (χ0) is 20.1. The van der Waals surface area contributed by atoms with Crippen molar-refractivity contribution in [2.75, 3.05) is 5.75 Å². The summed E-state index contributed by atoms with van der Waals surface area (Å²) >= 11 is 1.55. The molecule has 0 spiro atoms. The highest BCUT2D eigenvalue weighted by Gasteiger charge is 2.16. The number of benzene rings is 2. The molecule has 28 heavy (non-hydrogen) atoms. The van der Waals surface area contributed by atoms with Crippen LogP contribution in [0.15, 0.2) is 60.7 Å². The lowest BCUT2D eigenvalue weighted by Crippen LogP contribution is -2.11. The highest BCUT2D eigenvalue weighted by molar-refractivity contribution is 7.99. The van der Waals surface area contributed by atoms with E-state index in [1.807, 2.05) is 50.2 Å². The predicted octanol–water partition coefficient (Wildman–Crippen LogP) is 4.37. The lowest BCUT2D eigenvalue weighted by Gasteiger charge is -2.10. The molecule has 0 bridgehead atoms. The van der Waals surface area contributed by atoms with E-state index in [4.69, 9.17) is 5.73 Å². The summed E-state index contributed by atoms with van der Waals surface area (Å²) in [5.41, 5.74) is 10.9. The smallest absolute Gasteiger partial charge is 0.248 e. The Balaban J connectivity index is 1.64. The molecule has 0 aliphatic heterocycles. The summed E-state index contributed by atoms with van der Waals surface area (Å²) in [6, 6.07) is 19.5. The van der Waals surface area contributed by atoms with E-state index < -0.39 is 5.91 Å². The normalized spacial score (nSPS) is 10.8. The molecule has 0 fully saturated rings. The highest BCUT2D eigenvalue weighted by atomic mass is 32.2. The second kappa shape index (κ2) is 8.93. The molecule has 0 saturated carbocycles. The van der Waals surface area contributed by atoms with Crippen molar-refractivity contribution >= 4 is 23.5 Å². The fourth-order valence-corrected chi connectivity index (χ4v) is 4.10. The fourth-order valence-electron chi connectivity index (χ4n) is 3.25. The molecule has 1 heterocycles. The average Bonchev–Trinajstić information content (AvgIpc) is 2.97. The van der Waals surface area contributed by atoms with E-state index >= 15 is 0 Å². The van der Waals surface area contributed by atoms with E-state index in [0.717, 1.165) is 29.1 Å². The van der Waals surface area contributed by atoms with Crippen molar-refractivity contribution in [3.8, 4) is 0 Å². The average molecular weight is 393 g/mol. The van der Waals surface area contributed by atoms with Crippen LogP contribution in [0, 0.1) is 13.8 Å². The largest absolute Gasteiger partial charge is 0.366 e. The molecule has 4 nitrogen and oxygen atoms in total. The quantitative estimate of drug-likeness (QED) is 0.579. The van der Waals surface area contributed by atoms with Gasteiger partial charge in [0.05, 0.1) is 5.75 Å². The van der Waals surface area contributed by atoms with Gasteiger partial charge in [0.2, 0.25) is 5.91 Å². The van der Waals surface area contributed by atoms with Crippen LogP contribution >= 0.6 is 11.8 Å². The molecular formula is C23H24N2O2S. The van der Waals surface area contributed by atoms with Crippen molar-refractivity contribution in [3.05, 3.63) is 94.3 Å². The molecule has 0 unspecified atom stereocenters.